The second-order valence-corrected chi connectivity index (χ2v) is 5.12. The summed E-state index contributed by atoms with van der Waals surface area (Å²) < 4.78 is 5.09. The highest BCUT2D eigenvalue weighted by molar-refractivity contribution is 7.98. The first-order valence-corrected chi connectivity index (χ1v) is 6.55. The van der Waals surface area contributed by atoms with E-state index in [1.165, 1.54) is 0 Å². The van der Waals surface area contributed by atoms with Gasteiger partial charge in [-0.05, 0) is 18.1 Å². The van der Waals surface area contributed by atoms with Gasteiger partial charge in [-0.25, -0.2) is 0 Å². The molecule has 90 valence electrons. The van der Waals surface area contributed by atoms with Crippen molar-refractivity contribution >= 4 is 11.8 Å². The van der Waals surface area contributed by atoms with Crippen molar-refractivity contribution in [3.8, 4) is 0 Å². The highest BCUT2D eigenvalue weighted by atomic mass is 32.2. The molecule has 1 aromatic heterocycles. The molecule has 0 spiro atoms. The minimum atomic E-state index is -0.228. The number of hydrogen-bond donors (Lipinski definition) is 1. The van der Waals surface area contributed by atoms with Crippen LogP contribution in [0.4, 0.5) is 0 Å². The molecule has 1 atom stereocenters. The van der Waals surface area contributed by atoms with E-state index >= 15 is 0 Å². The highest BCUT2D eigenvalue weighted by Crippen LogP contribution is 2.16. The molecule has 1 heterocycles. The number of hydrogen-bond acceptors (Lipinski definition) is 5. The van der Waals surface area contributed by atoms with Crippen LogP contribution in [0.5, 0.6) is 0 Å². The van der Waals surface area contributed by atoms with Crippen molar-refractivity contribution in [2.75, 3.05) is 5.75 Å². The molecule has 5 heteroatoms. The van der Waals surface area contributed by atoms with E-state index in [1.54, 1.807) is 17.8 Å². The molecule has 0 amide bonds. The Hall–Kier alpha value is -0.810. The van der Waals surface area contributed by atoms with Gasteiger partial charge in [-0.2, -0.15) is 16.7 Å². The van der Waals surface area contributed by atoms with E-state index in [9.17, 15) is 0 Å². The van der Waals surface area contributed by atoms with Crippen LogP contribution < -0.4 is 5.73 Å². The van der Waals surface area contributed by atoms with Gasteiger partial charge >= 0.3 is 0 Å². The summed E-state index contributed by atoms with van der Waals surface area (Å²) in [7, 11) is 0. The lowest BCUT2D eigenvalue weighted by molar-refractivity contribution is 0.352. The largest absolute Gasteiger partial charge is 0.338 e. The summed E-state index contributed by atoms with van der Waals surface area (Å²) in [5, 5.41) is 3.90. The Labute approximate surface area is 101 Å². The number of thioether (sulfide) groups is 1. The van der Waals surface area contributed by atoms with E-state index in [-0.39, 0.29) is 6.04 Å². The maximum absolute atomic E-state index is 5.82. The average molecular weight is 241 g/mol. The van der Waals surface area contributed by atoms with E-state index in [2.05, 4.69) is 30.6 Å². The predicted molar refractivity (Wildman–Crippen MR) is 67.0 cm³/mol. The first-order valence-electron chi connectivity index (χ1n) is 5.40. The van der Waals surface area contributed by atoms with E-state index in [0.29, 0.717) is 18.2 Å². The molecule has 0 saturated carbocycles. The van der Waals surface area contributed by atoms with E-state index < -0.39 is 0 Å². The average Bonchev–Trinajstić information content (AvgIpc) is 2.66. The molecule has 16 heavy (non-hydrogen) atoms. The predicted octanol–water partition coefficient (Wildman–Crippen LogP) is 2.53. The smallest absolute Gasteiger partial charge is 0.243 e. The van der Waals surface area contributed by atoms with Crippen LogP contribution in [0.2, 0.25) is 0 Å². The second kappa shape index (κ2) is 6.70. The van der Waals surface area contributed by atoms with E-state index in [4.69, 9.17) is 10.3 Å². The molecule has 2 N–H and O–H groups in total. The second-order valence-electron chi connectivity index (χ2n) is 4.09. The van der Waals surface area contributed by atoms with Crippen molar-refractivity contribution in [2.45, 2.75) is 32.1 Å². The molecule has 0 fully saturated rings. The molecule has 0 aliphatic carbocycles. The maximum Gasteiger partial charge on any atom is 0.243 e. The molecule has 0 bridgehead atoms. The lowest BCUT2D eigenvalue weighted by Crippen LogP contribution is -2.09. The molecule has 0 radical (unpaired) electrons. The zero-order chi connectivity index (χ0) is 12.0. The fourth-order valence-corrected chi connectivity index (χ4v) is 2.03. The summed E-state index contributed by atoms with van der Waals surface area (Å²) in [6.45, 7) is 8.01. The minimum Gasteiger partial charge on any atom is -0.338 e. The third-order valence-electron chi connectivity index (χ3n) is 1.90. The van der Waals surface area contributed by atoms with Crippen molar-refractivity contribution in [1.82, 2.24) is 10.1 Å². The van der Waals surface area contributed by atoms with Gasteiger partial charge in [0.25, 0.3) is 0 Å². The molecule has 1 unspecified atom stereocenters. The van der Waals surface area contributed by atoms with Crippen LogP contribution in [0.15, 0.2) is 17.2 Å². The zero-order valence-corrected chi connectivity index (χ0v) is 10.7. The molecule has 1 aromatic rings. The van der Waals surface area contributed by atoms with E-state index in [0.717, 1.165) is 17.3 Å². The van der Waals surface area contributed by atoms with Crippen molar-refractivity contribution in [3.63, 3.8) is 0 Å². The van der Waals surface area contributed by atoms with Crippen molar-refractivity contribution in [1.29, 1.82) is 0 Å². The topological polar surface area (TPSA) is 64.9 Å². The number of rotatable bonds is 7. The summed E-state index contributed by atoms with van der Waals surface area (Å²) in [4.78, 5) is 4.25. The van der Waals surface area contributed by atoms with Gasteiger partial charge in [0.05, 0.1) is 11.8 Å². The summed E-state index contributed by atoms with van der Waals surface area (Å²) in [6.07, 6.45) is 2.41. The Morgan fingerprint density at radius 3 is 2.94 bits per heavy atom. The first-order chi connectivity index (χ1) is 7.63. The molecule has 4 nitrogen and oxygen atoms in total. The normalized spacial score (nSPS) is 13.0. The first kappa shape index (κ1) is 13.3. The van der Waals surface area contributed by atoms with Crippen LogP contribution >= 0.6 is 11.8 Å². The summed E-state index contributed by atoms with van der Waals surface area (Å²) >= 11 is 1.81. The van der Waals surface area contributed by atoms with E-state index in [1.807, 2.05) is 0 Å². The van der Waals surface area contributed by atoms with Gasteiger partial charge < -0.3 is 10.3 Å². The highest BCUT2D eigenvalue weighted by Gasteiger charge is 2.13. The SMILES string of the molecule is C=CCC(N)c1nc(CSCC(C)C)no1. The van der Waals surface area contributed by atoms with Crippen LogP contribution in [0.1, 0.15) is 38.0 Å². The van der Waals surface area contributed by atoms with Crippen LogP contribution in [0.25, 0.3) is 0 Å². The summed E-state index contributed by atoms with van der Waals surface area (Å²) in [5.41, 5.74) is 5.82. The zero-order valence-electron chi connectivity index (χ0n) is 9.85. The van der Waals surface area contributed by atoms with Crippen LogP contribution in [-0.2, 0) is 5.75 Å². The number of nitrogens with two attached hydrogens (primary N) is 1. The van der Waals surface area contributed by atoms with Gasteiger partial charge in [0.15, 0.2) is 5.82 Å². The lowest BCUT2D eigenvalue weighted by Gasteiger charge is -2.01. The number of nitrogens with zero attached hydrogens (tertiary/aromatic N) is 2. The molecule has 0 aliphatic heterocycles. The van der Waals surface area contributed by atoms with Gasteiger partial charge in [-0.3, -0.25) is 0 Å². The van der Waals surface area contributed by atoms with Gasteiger partial charge in [-0.1, -0.05) is 25.1 Å². The standard InChI is InChI=1S/C11H19N3OS/c1-4-5-9(12)11-13-10(14-15-11)7-16-6-8(2)3/h4,8-9H,1,5-7,12H2,2-3H3. The van der Waals surface area contributed by atoms with Crippen LogP contribution in [-0.4, -0.2) is 15.9 Å². The Bertz CT molecular complexity index is 325. The Kier molecular flexibility index (Phi) is 5.55. The van der Waals surface area contributed by atoms with Gasteiger partial charge in [0, 0.05) is 0 Å². The van der Waals surface area contributed by atoms with Crippen LogP contribution in [0, 0.1) is 5.92 Å². The van der Waals surface area contributed by atoms with Gasteiger partial charge in [0.2, 0.25) is 5.89 Å². The minimum absolute atomic E-state index is 0.228. The molecule has 0 saturated heterocycles. The Morgan fingerprint density at radius 1 is 1.56 bits per heavy atom. The quantitative estimate of drug-likeness (QED) is 0.743. The van der Waals surface area contributed by atoms with Crippen molar-refractivity contribution < 1.29 is 4.52 Å². The maximum atomic E-state index is 5.82. The van der Waals surface area contributed by atoms with Crippen molar-refractivity contribution in [2.24, 2.45) is 11.7 Å². The molecule has 1 rings (SSSR count). The molecular weight excluding hydrogens is 222 g/mol. The molecule has 0 aliphatic rings. The molecular formula is C11H19N3OS. The number of aromatic nitrogens is 2. The monoisotopic (exact) mass is 241 g/mol. The molecule has 0 aromatic carbocycles. The summed E-state index contributed by atoms with van der Waals surface area (Å²) in [5.74, 6) is 3.78. The van der Waals surface area contributed by atoms with Crippen molar-refractivity contribution in [3.05, 3.63) is 24.4 Å². The van der Waals surface area contributed by atoms with Gasteiger partial charge in [0.1, 0.15) is 0 Å². The fourth-order valence-electron chi connectivity index (χ4n) is 1.14. The van der Waals surface area contributed by atoms with Crippen LogP contribution in [0.3, 0.4) is 0 Å². The Morgan fingerprint density at radius 2 is 2.31 bits per heavy atom. The lowest BCUT2D eigenvalue weighted by atomic mass is 10.2. The fraction of sp³-hybridized carbons (Fsp3) is 0.636. The van der Waals surface area contributed by atoms with Gasteiger partial charge in [-0.15, -0.1) is 6.58 Å². The third kappa shape index (κ3) is 4.37. The summed E-state index contributed by atoms with van der Waals surface area (Å²) in [6, 6.07) is -0.228. The Balaban J connectivity index is 2.41. The third-order valence-corrected chi connectivity index (χ3v) is 3.27.